The Morgan fingerprint density at radius 1 is 1.11 bits per heavy atom. The van der Waals surface area contributed by atoms with Crippen LogP contribution in [0.5, 0.6) is 5.75 Å². The van der Waals surface area contributed by atoms with Crippen molar-refractivity contribution in [3.63, 3.8) is 0 Å². The highest BCUT2D eigenvalue weighted by Gasteiger charge is 2.11. The molecule has 2 aromatic rings. The third-order valence-corrected chi connectivity index (χ3v) is 3.01. The Morgan fingerprint density at radius 2 is 1.89 bits per heavy atom. The lowest BCUT2D eigenvalue weighted by molar-refractivity contribution is 0.340. The highest BCUT2D eigenvalue weighted by atomic mass is 16.5. The maximum absolute atomic E-state index is 9.33. The molecule has 1 atom stereocenters. The average Bonchev–Trinajstić information content (AvgIpc) is 2.46. The number of hydrogen-bond acceptors (Lipinski definition) is 2. The van der Waals surface area contributed by atoms with Gasteiger partial charge in [-0.05, 0) is 36.6 Å². The molecule has 0 heterocycles. The van der Waals surface area contributed by atoms with Crippen molar-refractivity contribution in [3.8, 4) is 11.8 Å². The van der Waals surface area contributed by atoms with Gasteiger partial charge in [0.15, 0.2) is 0 Å². The normalized spacial score (nSPS) is 11.6. The van der Waals surface area contributed by atoms with Crippen LogP contribution in [0.1, 0.15) is 24.0 Å². The highest BCUT2D eigenvalue weighted by molar-refractivity contribution is 5.33. The van der Waals surface area contributed by atoms with Crippen molar-refractivity contribution in [2.45, 2.75) is 19.3 Å². The van der Waals surface area contributed by atoms with Crippen LogP contribution >= 0.6 is 0 Å². The van der Waals surface area contributed by atoms with Gasteiger partial charge < -0.3 is 4.74 Å². The molecule has 1 unspecified atom stereocenters. The Hall–Kier alpha value is -2.27. The third-order valence-electron chi connectivity index (χ3n) is 3.01. The largest absolute Gasteiger partial charge is 0.494 e. The maximum Gasteiger partial charge on any atom is 0.119 e. The smallest absolute Gasteiger partial charge is 0.119 e. The number of nitrogens with zero attached hydrogens (tertiary/aromatic N) is 1. The zero-order valence-corrected chi connectivity index (χ0v) is 11.0. The first kappa shape index (κ1) is 13.2. The van der Waals surface area contributed by atoms with Crippen molar-refractivity contribution in [2.24, 2.45) is 0 Å². The van der Waals surface area contributed by atoms with Gasteiger partial charge in [-0.15, -0.1) is 0 Å². The van der Waals surface area contributed by atoms with E-state index in [0.717, 1.165) is 16.9 Å². The number of rotatable bonds is 5. The summed E-state index contributed by atoms with van der Waals surface area (Å²) in [5, 5.41) is 9.33. The maximum atomic E-state index is 9.33. The minimum absolute atomic E-state index is 0.113. The predicted octanol–water partition coefficient (Wildman–Crippen LogP) is 3.94. The van der Waals surface area contributed by atoms with Crippen molar-refractivity contribution < 1.29 is 4.74 Å². The molecule has 0 radical (unpaired) electrons. The van der Waals surface area contributed by atoms with E-state index < -0.39 is 0 Å². The molecule has 2 heteroatoms. The molecule has 0 spiro atoms. The Kier molecular flexibility index (Phi) is 4.58. The second-order valence-electron chi connectivity index (χ2n) is 4.38. The van der Waals surface area contributed by atoms with E-state index in [9.17, 15) is 5.26 Å². The lowest BCUT2D eigenvalue weighted by Gasteiger charge is -2.11. The van der Waals surface area contributed by atoms with E-state index in [4.69, 9.17) is 4.74 Å². The topological polar surface area (TPSA) is 33.0 Å². The van der Waals surface area contributed by atoms with Crippen LogP contribution < -0.4 is 4.74 Å². The first-order chi connectivity index (χ1) is 9.33. The molecule has 0 aromatic heterocycles. The minimum Gasteiger partial charge on any atom is -0.494 e. The van der Waals surface area contributed by atoms with Crippen molar-refractivity contribution in [1.82, 2.24) is 0 Å². The van der Waals surface area contributed by atoms with Gasteiger partial charge >= 0.3 is 0 Å². The van der Waals surface area contributed by atoms with Gasteiger partial charge in [0.1, 0.15) is 5.75 Å². The number of nitriles is 1. The summed E-state index contributed by atoms with van der Waals surface area (Å²) in [7, 11) is 0. The molecule has 2 aromatic carbocycles. The van der Waals surface area contributed by atoms with Gasteiger partial charge in [-0.2, -0.15) is 5.26 Å². The summed E-state index contributed by atoms with van der Waals surface area (Å²) in [6, 6.07) is 20.2. The van der Waals surface area contributed by atoms with E-state index in [1.807, 2.05) is 61.5 Å². The summed E-state index contributed by atoms with van der Waals surface area (Å²) in [4.78, 5) is 0. The van der Waals surface area contributed by atoms with Crippen LogP contribution in [-0.2, 0) is 6.42 Å². The lowest BCUT2D eigenvalue weighted by atomic mass is 9.93. The van der Waals surface area contributed by atoms with Gasteiger partial charge in [0, 0.05) is 0 Å². The zero-order valence-electron chi connectivity index (χ0n) is 11.0. The summed E-state index contributed by atoms with van der Waals surface area (Å²) in [5.74, 6) is 0.753. The van der Waals surface area contributed by atoms with Crippen LogP contribution in [0.15, 0.2) is 54.6 Å². The summed E-state index contributed by atoms with van der Waals surface area (Å²) >= 11 is 0. The SMILES string of the molecule is CCOc1cccc(CC(C#N)c2ccccc2)c1. The monoisotopic (exact) mass is 251 g/mol. The Labute approximate surface area is 114 Å². The second-order valence-corrected chi connectivity index (χ2v) is 4.38. The summed E-state index contributed by atoms with van der Waals surface area (Å²) in [6.07, 6.45) is 0.710. The van der Waals surface area contributed by atoms with E-state index >= 15 is 0 Å². The van der Waals surface area contributed by atoms with Crippen LogP contribution in [0.4, 0.5) is 0 Å². The van der Waals surface area contributed by atoms with Gasteiger partial charge in [0.2, 0.25) is 0 Å². The van der Waals surface area contributed by atoms with Gasteiger partial charge in [-0.1, -0.05) is 42.5 Å². The summed E-state index contributed by atoms with van der Waals surface area (Å²) in [6.45, 7) is 2.62. The Morgan fingerprint density at radius 3 is 2.58 bits per heavy atom. The molecule has 0 aliphatic rings. The highest BCUT2D eigenvalue weighted by Crippen LogP contribution is 2.22. The quantitative estimate of drug-likeness (QED) is 0.806. The van der Waals surface area contributed by atoms with E-state index in [-0.39, 0.29) is 5.92 Å². The fourth-order valence-corrected chi connectivity index (χ4v) is 2.09. The standard InChI is InChI=1S/C17H17NO/c1-2-19-17-10-6-7-14(12-17)11-16(13-18)15-8-4-3-5-9-15/h3-10,12,16H,2,11H2,1H3. The van der Waals surface area contributed by atoms with Gasteiger partial charge in [-0.25, -0.2) is 0 Å². The Balaban J connectivity index is 2.15. The molecule has 2 nitrogen and oxygen atoms in total. The zero-order chi connectivity index (χ0) is 13.5. The molecule has 0 N–H and O–H groups in total. The van der Waals surface area contributed by atoms with E-state index in [2.05, 4.69) is 6.07 Å². The third kappa shape index (κ3) is 3.59. The molecule has 19 heavy (non-hydrogen) atoms. The average molecular weight is 251 g/mol. The number of ether oxygens (including phenoxy) is 1. The summed E-state index contributed by atoms with van der Waals surface area (Å²) < 4.78 is 5.48. The fraction of sp³-hybridized carbons (Fsp3) is 0.235. The van der Waals surface area contributed by atoms with Crippen molar-refractivity contribution in [2.75, 3.05) is 6.61 Å². The number of hydrogen-bond donors (Lipinski definition) is 0. The van der Waals surface area contributed by atoms with Crippen molar-refractivity contribution >= 4 is 0 Å². The summed E-state index contributed by atoms with van der Waals surface area (Å²) in [5.41, 5.74) is 2.19. The molecule has 2 rings (SSSR count). The second kappa shape index (κ2) is 6.61. The van der Waals surface area contributed by atoms with Crippen molar-refractivity contribution in [1.29, 1.82) is 5.26 Å². The van der Waals surface area contributed by atoms with Gasteiger partial charge in [0.05, 0.1) is 18.6 Å². The van der Waals surface area contributed by atoms with Gasteiger partial charge in [-0.3, -0.25) is 0 Å². The van der Waals surface area contributed by atoms with Crippen LogP contribution in [-0.4, -0.2) is 6.61 Å². The van der Waals surface area contributed by atoms with Crippen molar-refractivity contribution in [3.05, 3.63) is 65.7 Å². The molecule has 0 aliphatic carbocycles. The van der Waals surface area contributed by atoms with Crippen LogP contribution in [0.25, 0.3) is 0 Å². The molecule has 0 saturated heterocycles. The molecule has 0 saturated carbocycles. The lowest BCUT2D eigenvalue weighted by Crippen LogP contribution is -2.01. The molecule has 96 valence electrons. The van der Waals surface area contributed by atoms with E-state index in [1.165, 1.54) is 0 Å². The van der Waals surface area contributed by atoms with E-state index in [1.54, 1.807) is 0 Å². The van der Waals surface area contributed by atoms with E-state index in [0.29, 0.717) is 13.0 Å². The molecule has 0 bridgehead atoms. The number of benzene rings is 2. The molecular formula is C17H17NO. The van der Waals surface area contributed by atoms with Crippen LogP contribution in [0, 0.1) is 11.3 Å². The molecule has 0 amide bonds. The van der Waals surface area contributed by atoms with Gasteiger partial charge in [0.25, 0.3) is 0 Å². The first-order valence-corrected chi connectivity index (χ1v) is 6.49. The molecule has 0 aliphatic heterocycles. The first-order valence-electron chi connectivity index (χ1n) is 6.49. The molecular weight excluding hydrogens is 234 g/mol. The Bertz CT molecular complexity index is 557. The van der Waals surface area contributed by atoms with Crippen LogP contribution in [0.3, 0.4) is 0 Å². The molecule has 0 fully saturated rings. The predicted molar refractivity (Wildman–Crippen MR) is 76.1 cm³/mol. The van der Waals surface area contributed by atoms with Crippen LogP contribution in [0.2, 0.25) is 0 Å². The fourth-order valence-electron chi connectivity index (χ4n) is 2.09. The minimum atomic E-state index is -0.113.